The zero-order valence-corrected chi connectivity index (χ0v) is 16.7. The van der Waals surface area contributed by atoms with Crippen molar-refractivity contribution in [3.8, 4) is 5.75 Å². The van der Waals surface area contributed by atoms with Gasteiger partial charge in [-0.15, -0.1) is 0 Å². The SMILES string of the molecule is COc1ccc(C)cc1S(=O)(=O)Nc1ccc(NC2CCCCCC2)cn1. The molecule has 1 aromatic carbocycles. The molecular weight excluding hydrogens is 362 g/mol. The molecule has 1 fully saturated rings. The van der Waals surface area contributed by atoms with Crippen LogP contribution in [0.15, 0.2) is 41.4 Å². The normalized spacial score (nSPS) is 15.8. The fourth-order valence-corrected chi connectivity index (χ4v) is 4.65. The molecule has 0 atom stereocenters. The fraction of sp³-hybridized carbons (Fsp3) is 0.450. The van der Waals surface area contributed by atoms with E-state index in [1.165, 1.54) is 45.6 Å². The Kier molecular flexibility index (Phi) is 6.21. The second kappa shape index (κ2) is 8.61. The molecule has 1 aromatic heterocycles. The molecule has 0 spiro atoms. The van der Waals surface area contributed by atoms with E-state index in [1.54, 1.807) is 24.4 Å². The van der Waals surface area contributed by atoms with Crippen molar-refractivity contribution in [1.29, 1.82) is 0 Å². The van der Waals surface area contributed by atoms with Gasteiger partial charge in [0, 0.05) is 6.04 Å². The summed E-state index contributed by atoms with van der Waals surface area (Å²) in [5, 5.41) is 3.51. The van der Waals surface area contributed by atoms with E-state index in [4.69, 9.17) is 4.74 Å². The number of pyridine rings is 1. The summed E-state index contributed by atoms with van der Waals surface area (Å²) in [6.45, 7) is 1.84. The summed E-state index contributed by atoms with van der Waals surface area (Å²) in [5.41, 5.74) is 1.75. The highest BCUT2D eigenvalue weighted by Crippen LogP contribution is 2.27. The van der Waals surface area contributed by atoms with Crippen LogP contribution in [0.2, 0.25) is 0 Å². The molecule has 146 valence electrons. The van der Waals surface area contributed by atoms with E-state index in [2.05, 4.69) is 15.0 Å². The van der Waals surface area contributed by atoms with Crippen molar-refractivity contribution in [3.63, 3.8) is 0 Å². The third-order valence-electron chi connectivity index (χ3n) is 4.84. The van der Waals surface area contributed by atoms with E-state index in [9.17, 15) is 8.42 Å². The molecule has 1 aliphatic carbocycles. The summed E-state index contributed by atoms with van der Waals surface area (Å²) in [6.07, 6.45) is 9.13. The van der Waals surface area contributed by atoms with Crippen LogP contribution in [0, 0.1) is 6.92 Å². The van der Waals surface area contributed by atoms with Crippen molar-refractivity contribution >= 4 is 21.5 Å². The molecule has 1 heterocycles. The topological polar surface area (TPSA) is 80.3 Å². The summed E-state index contributed by atoms with van der Waals surface area (Å²) in [7, 11) is -2.33. The minimum Gasteiger partial charge on any atom is -0.495 e. The Morgan fingerprint density at radius 2 is 1.81 bits per heavy atom. The molecule has 0 aliphatic heterocycles. The first-order valence-corrected chi connectivity index (χ1v) is 10.9. The third-order valence-corrected chi connectivity index (χ3v) is 6.21. The van der Waals surface area contributed by atoms with E-state index >= 15 is 0 Å². The number of ether oxygens (including phenoxy) is 1. The van der Waals surface area contributed by atoms with Gasteiger partial charge in [-0.05, 0) is 49.6 Å². The molecule has 2 N–H and O–H groups in total. The first-order chi connectivity index (χ1) is 13.0. The van der Waals surface area contributed by atoms with Crippen LogP contribution in [0.1, 0.15) is 44.1 Å². The highest BCUT2D eigenvalue weighted by molar-refractivity contribution is 7.92. The predicted octanol–water partition coefficient (Wildman–Crippen LogP) is 4.33. The number of sulfonamides is 1. The highest BCUT2D eigenvalue weighted by Gasteiger charge is 2.20. The summed E-state index contributed by atoms with van der Waals surface area (Å²) < 4.78 is 33.2. The van der Waals surface area contributed by atoms with Crippen LogP contribution in [0.25, 0.3) is 0 Å². The number of rotatable bonds is 6. The van der Waals surface area contributed by atoms with E-state index in [1.807, 2.05) is 19.1 Å². The maximum absolute atomic E-state index is 12.7. The molecule has 0 unspecified atom stereocenters. The van der Waals surface area contributed by atoms with Gasteiger partial charge in [0.05, 0.1) is 19.0 Å². The second-order valence-electron chi connectivity index (χ2n) is 7.02. The van der Waals surface area contributed by atoms with Crippen LogP contribution < -0.4 is 14.8 Å². The van der Waals surface area contributed by atoms with E-state index < -0.39 is 10.0 Å². The van der Waals surface area contributed by atoms with Gasteiger partial charge in [0.15, 0.2) is 0 Å². The number of aromatic nitrogens is 1. The van der Waals surface area contributed by atoms with E-state index in [0.717, 1.165) is 11.3 Å². The summed E-state index contributed by atoms with van der Waals surface area (Å²) in [5.74, 6) is 0.588. The lowest BCUT2D eigenvalue weighted by Crippen LogP contribution is -2.18. The average molecular weight is 390 g/mol. The number of nitrogens with one attached hydrogen (secondary N) is 2. The molecule has 1 aliphatic rings. The number of nitrogens with zero attached hydrogens (tertiary/aromatic N) is 1. The van der Waals surface area contributed by atoms with Crippen molar-refractivity contribution in [2.24, 2.45) is 0 Å². The summed E-state index contributed by atoms with van der Waals surface area (Å²) in [6, 6.07) is 9.06. The van der Waals surface area contributed by atoms with Crippen molar-refractivity contribution in [2.45, 2.75) is 56.4 Å². The van der Waals surface area contributed by atoms with Gasteiger partial charge in [0.1, 0.15) is 16.5 Å². The Balaban J connectivity index is 1.71. The minimum atomic E-state index is -3.78. The molecule has 3 rings (SSSR count). The first kappa shape index (κ1) is 19.5. The molecule has 0 radical (unpaired) electrons. The molecule has 27 heavy (non-hydrogen) atoms. The Hall–Kier alpha value is -2.28. The summed E-state index contributed by atoms with van der Waals surface area (Å²) in [4.78, 5) is 4.37. The van der Waals surface area contributed by atoms with Crippen LogP contribution in [0.3, 0.4) is 0 Å². The number of methoxy groups -OCH3 is 1. The second-order valence-corrected chi connectivity index (χ2v) is 8.68. The monoisotopic (exact) mass is 389 g/mol. The molecule has 0 bridgehead atoms. The zero-order valence-electron chi connectivity index (χ0n) is 15.9. The van der Waals surface area contributed by atoms with Crippen LogP contribution in [0.5, 0.6) is 5.75 Å². The largest absolute Gasteiger partial charge is 0.495 e. The van der Waals surface area contributed by atoms with Crippen molar-refractivity contribution in [2.75, 3.05) is 17.1 Å². The van der Waals surface area contributed by atoms with Gasteiger partial charge in [0.2, 0.25) is 0 Å². The van der Waals surface area contributed by atoms with Gasteiger partial charge in [-0.1, -0.05) is 31.7 Å². The molecule has 1 saturated carbocycles. The Bertz CT molecular complexity index is 859. The predicted molar refractivity (Wildman–Crippen MR) is 108 cm³/mol. The molecular formula is C20H27N3O3S. The van der Waals surface area contributed by atoms with Crippen LogP contribution in [0.4, 0.5) is 11.5 Å². The maximum Gasteiger partial charge on any atom is 0.266 e. The molecule has 6 nitrogen and oxygen atoms in total. The highest BCUT2D eigenvalue weighted by atomic mass is 32.2. The maximum atomic E-state index is 12.7. The van der Waals surface area contributed by atoms with Gasteiger partial charge in [0.25, 0.3) is 10.0 Å². The van der Waals surface area contributed by atoms with Gasteiger partial charge in [-0.2, -0.15) is 0 Å². The third kappa shape index (κ3) is 5.13. The average Bonchev–Trinajstić information content (AvgIpc) is 2.92. The van der Waals surface area contributed by atoms with Gasteiger partial charge >= 0.3 is 0 Å². The standard InChI is InChI=1S/C20H27N3O3S/c1-15-9-11-18(26-2)19(13-15)27(24,25)23-20-12-10-17(14-21-20)22-16-7-5-3-4-6-8-16/h9-14,16,22H,3-8H2,1-2H3,(H,21,23). The van der Waals surface area contributed by atoms with Gasteiger partial charge in [-0.25, -0.2) is 13.4 Å². The number of anilines is 2. The van der Waals surface area contributed by atoms with Crippen LogP contribution in [-0.2, 0) is 10.0 Å². The Labute approximate surface area is 161 Å². The number of aryl methyl sites for hydroxylation is 1. The lowest BCUT2D eigenvalue weighted by Gasteiger charge is -2.17. The molecule has 2 aromatic rings. The van der Waals surface area contributed by atoms with E-state index in [0.29, 0.717) is 11.8 Å². The van der Waals surface area contributed by atoms with Crippen molar-refractivity contribution < 1.29 is 13.2 Å². The lowest BCUT2D eigenvalue weighted by molar-refractivity contribution is 0.402. The minimum absolute atomic E-state index is 0.104. The number of hydrogen-bond acceptors (Lipinski definition) is 5. The van der Waals surface area contributed by atoms with Gasteiger partial charge in [-0.3, -0.25) is 4.72 Å². The fourth-order valence-electron chi connectivity index (χ4n) is 3.39. The molecule has 0 saturated heterocycles. The first-order valence-electron chi connectivity index (χ1n) is 9.38. The van der Waals surface area contributed by atoms with Crippen molar-refractivity contribution in [1.82, 2.24) is 4.98 Å². The van der Waals surface area contributed by atoms with Gasteiger partial charge < -0.3 is 10.1 Å². The lowest BCUT2D eigenvalue weighted by atomic mass is 10.1. The van der Waals surface area contributed by atoms with Crippen molar-refractivity contribution in [3.05, 3.63) is 42.1 Å². The quantitative estimate of drug-likeness (QED) is 0.719. The number of hydrogen-bond donors (Lipinski definition) is 2. The Morgan fingerprint density at radius 1 is 1.07 bits per heavy atom. The molecule has 7 heteroatoms. The summed E-state index contributed by atoms with van der Waals surface area (Å²) >= 11 is 0. The smallest absolute Gasteiger partial charge is 0.266 e. The zero-order chi connectivity index (χ0) is 19.3. The van der Waals surface area contributed by atoms with Crippen LogP contribution >= 0.6 is 0 Å². The van der Waals surface area contributed by atoms with Crippen LogP contribution in [-0.4, -0.2) is 26.6 Å². The number of benzene rings is 1. The van der Waals surface area contributed by atoms with E-state index in [-0.39, 0.29) is 10.7 Å². The molecule has 0 amide bonds. The Morgan fingerprint density at radius 3 is 2.44 bits per heavy atom.